The molecule has 0 bridgehead atoms. The third-order valence-electron chi connectivity index (χ3n) is 2.80. The normalized spacial score (nSPS) is 21.1. The highest BCUT2D eigenvalue weighted by Gasteiger charge is 2.26. The van der Waals surface area contributed by atoms with Gasteiger partial charge in [0.15, 0.2) is 0 Å². The first-order chi connectivity index (χ1) is 7.59. The zero-order valence-electron chi connectivity index (χ0n) is 9.53. The number of hydrogen-bond acceptors (Lipinski definition) is 4. The lowest BCUT2D eigenvalue weighted by Gasteiger charge is -2.32. The van der Waals surface area contributed by atoms with E-state index in [0.717, 1.165) is 9.75 Å². The van der Waals surface area contributed by atoms with Crippen molar-refractivity contribution in [1.29, 1.82) is 0 Å². The van der Waals surface area contributed by atoms with E-state index >= 15 is 0 Å². The number of ether oxygens (including phenoxy) is 1. The highest BCUT2D eigenvalue weighted by atomic mass is 32.1. The van der Waals surface area contributed by atoms with Crippen LogP contribution in [0.5, 0.6) is 0 Å². The van der Waals surface area contributed by atoms with Gasteiger partial charge in [0.05, 0.1) is 24.1 Å². The summed E-state index contributed by atoms with van der Waals surface area (Å²) in [4.78, 5) is 15.8. The van der Waals surface area contributed by atoms with Gasteiger partial charge in [-0.05, 0) is 19.9 Å². The summed E-state index contributed by atoms with van der Waals surface area (Å²) in [5.41, 5.74) is 6.46. The zero-order valence-corrected chi connectivity index (χ0v) is 10.3. The van der Waals surface area contributed by atoms with Crippen molar-refractivity contribution in [3.8, 4) is 0 Å². The summed E-state index contributed by atoms with van der Waals surface area (Å²) >= 11 is 1.46. The fraction of sp³-hybridized carbons (Fsp3) is 0.545. The number of nitrogens with zero attached hydrogens (tertiary/aromatic N) is 1. The van der Waals surface area contributed by atoms with Crippen LogP contribution in [0.4, 0.5) is 5.69 Å². The first kappa shape index (κ1) is 11.4. The Morgan fingerprint density at radius 3 is 3.00 bits per heavy atom. The summed E-state index contributed by atoms with van der Waals surface area (Å²) in [5.74, 6) is 0.0700. The van der Waals surface area contributed by atoms with Gasteiger partial charge in [0.2, 0.25) is 0 Å². The Labute approximate surface area is 99.0 Å². The molecule has 1 atom stereocenters. The Kier molecular flexibility index (Phi) is 3.16. The minimum atomic E-state index is 0.0700. The van der Waals surface area contributed by atoms with Gasteiger partial charge in [-0.25, -0.2) is 0 Å². The van der Waals surface area contributed by atoms with Crippen LogP contribution >= 0.6 is 11.3 Å². The van der Waals surface area contributed by atoms with Crippen molar-refractivity contribution in [1.82, 2.24) is 4.90 Å². The van der Waals surface area contributed by atoms with Gasteiger partial charge >= 0.3 is 0 Å². The summed E-state index contributed by atoms with van der Waals surface area (Å²) in [6.45, 7) is 5.83. The Bertz CT molecular complexity index is 383. The third kappa shape index (κ3) is 2.05. The Balaban J connectivity index is 2.17. The quantitative estimate of drug-likeness (QED) is 0.809. The maximum atomic E-state index is 12.2. The van der Waals surface area contributed by atoms with Gasteiger partial charge in [-0.3, -0.25) is 4.79 Å². The van der Waals surface area contributed by atoms with Gasteiger partial charge in [0.1, 0.15) is 0 Å². The second-order valence-corrected chi connectivity index (χ2v) is 5.30. The second-order valence-electron chi connectivity index (χ2n) is 4.04. The average molecular weight is 240 g/mol. The highest BCUT2D eigenvalue weighted by Crippen LogP contribution is 2.25. The molecule has 1 aliphatic rings. The molecule has 16 heavy (non-hydrogen) atoms. The number of thiophene rings is 1. The maximum Gasteiger partial charge on any atom is 0.264 e. The summed E-state index contributed by atoms with van der Waals surface area (Å²) in [5, 5.41) is 0. The van der Waals surface area contributed by atoms with Crippen LogP contribution in [0.25, 0.3) is 0 Å². The number of nitrogens with two attached hydrogens (primary N) is 1. The topological polar surface area (TPSA) is 55.6 Å². The third-order valence-corrected chi connectivity index (χ3v) is 3.85. The molecular formula is C11H16N2O2S. The van der Waals surface area contributed by atoms with Crippen molar-refractivity contribution in [3.05, 3.63) is 15.8 Å². The monoisotopic (exact) mass is 240 g/mol. The van der Waals surface area contributed by atoms with Crippen molar-refractivity contribution in [2.24, 2.45) is 0 Å². The van der Waals surface area contributed by atoms with E-state index in [1.807, 2.05) is 18.7 Å². The predicted octanol–water partition coefficient (Wildman–Crippen LogP) is 1.50. The molecule has 2 N–H and O–H groups in total. The van der Waals surface area contributed by atoms with Crippen molar-refractivity contribution < 1.29 is 9.53 Å². The highest BCUT2D eigenvalue weighted by molar-refractivity contribution is 7.14. The molecule has 0 aliphatic carbocycles. The molecule has 1 amide bonds. The molecule has 5 heteroatoms. The van der Waals surface area contributed by atoms with Crippen LogP contribution in [0.2, 0.25) is 0 Å². The number of hydrogen-bond donors (Lipinski definition) is 1. The van der Waals surface area contributed by atoms with E-state index in [1.165, 1.54) is 11.3 Å². The fourth-order valence-corrected chi connectivity index (χ4v) is 2.67. The predicted molar refractivity (Wildman–Crippen MR) is 64.8 cm³/mol. The summed E-state index contributed by atoms with van der Waals surface area (Å²) in [6, 6.07) is 1.91. The van der Waals surface area contributed by atoms with E-state index in [4.69, 9.17) is 10.5 Å². The van der Waals surface area contributed by atoms with Gasteiger partial charge in [0, 0.05) is 17.1 Å². The molecule has 1 saturated heterocycles. The molecule has 0 aromatic carbocycles. The molecule has 4 nitrogen and oxygen atoms in total. The Morgan fingerprint density at radius 1 is 1.69 bits per heavy atom. The number of anilines is 1. The number of aryl methyl sites for hydroxylation is 1. The van der Waals surface area contributed by atoms with Crippen LogP contribution < -0.4 is 5.73 Å². The van der Waals surface area contributed by atoms with Crippen LogP contribution in [-0.2, 0) is 4.74 Å². The number of amides is 1. The number of morpholine rings is 1. The van der Waals surface area contributed by atoms with E-state index in [9.17, 15) is 4.79 Å². The molecule has 88 valence electrons. The van der Waals surface area contributed by atoms with E-state index in [1.54, 1.807) is 6.07 Å². The van der Waals surface area contributed by atoms with Crippen LogP contribution in [0.1, 0.15) is 21.5 Å². The van der Waals surface area contributed by atoms with Crippen LogP contribution in [-0.4, -0.2) is 36.6 Å². The summed E-state index contributed by atoms with van der Waals surface area (Å²) in [6.07, 6.45) is 0. The molecule has 0 radical (unpaired) electrons. The molecule has 2 heterocycles. The smallest absolute Gasteiger partial charge is 0.264 e. The number of carbonyl (C=O) groups excluding carboxylic acids is 1. The van der Waals surface area contributed by atoms with E-state index in [2.05, 4.69) is 0 Å². The van der Waals surface area contributed by atoms with Crippen LogP contribution in [0.15, 0.2) is 6.07 Å². The molecule has 2 rings (SSSR count). The lowest BCUT2D eigenvalue weighted by Crippen LogP contribution is -2.46. The lowest BCUT2D eigenvalue weighted by atomic mass is 10.2. The molecule has 1 aromatic heterocycles. The van der Waals surface area contributed by atoms with Crippen molar-refractivity contribution in [2.75, 3.05) is 25.5 Å². The minimum Gasteiger partial charge on any atom is -0.398 e. The Morgan fingerprint density at radius 2 is 2.44 bits per heavy atom. The molecule has 0 spiro atoms. The van der Waals surface area contributed by atoms with Gasteiger partial charge in [0.25, 0.3) is 5.91 Å². The number of nitrogen functional groups attached to an aromatic ring is 1. The molecule has 1 aliphatic heterocycles. The summed E-state index contributed by atoms with van der Waals surface area (Å²) < 4.78 is 5.31. The van der Waals surface area contributed by atoms with Crippen LogP contribution in [0, 0.1) is 6.92 Å². The van der Waals surface area contributed by atoms with Gasteiger partial charge in [-0.15, -0.1) is 11.3 Å². The molecule has 1 unspecified atom stereocenters. The van der Waals surface area contributed by atoms with E-state index in [-0.39, 0.29) is 11.9 Å². The lowest BCUT2D eigenvalue weighted by molar-refractivity contribution is 0.00387. The average Bonchev–Trinajstić information content (AvgIpc) is 2.59. The van der Waals surface area contributed by atoms with Crippen LogP contribution in [0.3, 0.4) is 0 Å². The summed E-state index contributed by atoms with van der Waals surface area (Å²) in [7, 11) is 0. The van der Waals surface area contributed by atoms with Crippen molar-refractivity contribution >= 4 is 22.9 Å². The molecule has 1 aromatic rings. The van der Waals surface area contributed by atoms with Gasteiger partial charge < -0.3 is 15.4 Å². The Hall–Kier alpha value is -1.07. The molecule has 0 saturated carbocycles. The minimum absolute atomic E-state index is 0.0700. The van der Waals surface area contributed by atoms with Gasteiger partial charge in [-0.2, -0.15) is 0 Å². The maximum absolute atomic E-state index is 12.2. The van der Waals surface area contributed by atoms with E-state index < -0.39 is 0 Å². The zero-order chi connectivity index (χ0) is 11.7. The second kappa shape index (κ2) is 4.43. The largest absolute Gasteiger partial charge is 0.398 e. The molecule has 1 fully saturated rings. The van der Waals surface area contributed by atoms with Gasteiger partial charge in [-0.1, -0.05) is 0 Å². The molecular weight excluding hydrogens is 224 g/mol. The first-order valence-electron chi connectivity index (χ1n) is 5.34. The first-order valence-corrected chi connectivity index (χ1v) is 6.16. The van der Waals surface area contributed by atoms with E-state index in [0.29, 0.717) is 25.4 Å². The SMILES string of the molecule is Cc1sc(C(=O)N2CCOCC2C)cc1N. The standard InChI is InChI=1S/C11H16N2O2S/c1-7-6-15-4-3-13(7)11(14)10-5-9(12)8(2)16-10/h5,7H,3-4,6,12H2,1-2H3. The van der Waals surface area contributed by atoms with Crippen molar-refractivity contribution in [2.45, 2.75) is 19.9 Å². The number of rotatable bonds is 1. The van der Waals surface area contributed by atoms with Crippen molar-refractivity contribution in [3.63, 3.8) is 0 Å². The fourth-order valence-electron chi connectivity index (χ4n) is 1.77. The number of carbonyl (C=O) groups is 1.